The minimum absolute atomic E-state index is 0.229. The van der Waals surface area contributed by atoms with Crippen molar-refractivity contribution in [2.75, 3.05) is 13.2 Å². The lowest BCUT2D eigenvalue weighted by Crippen LogP contribution is -2.09. The second-order valence-electron chi connectivity index (χ2n) is 4.16. The molecule has 0 aliphatic heterocycles. The summed E-state index contributed by atoms with van der Waals surface area (Å²) in [6.45, 7) is 7.79. The first-order chi connectivity index (χ1) is 7.72. The summed E-state index contributed by atoms with van der Waals surface area (Å²) in [5, 5.41) is 0. The standard InChI is InChI=1S/C14H23NO/c1-4-14(16-5-2)13-8-6-12(7-9-13)11(3)10-15/h6-9,11,14H,4-5,10,15H2,1-3H3/t11-,14-/m1/s1. The summed E-state index contributed by atoms with van der Waals surface area (Å²) in [7, 11) is 0. The number of rotatable bonds is 6. The number of benzene rings is 1. The molecule has 0 saturated heterocycles. The van der Waals surface area contributed by atoms with Crippen LogP contribution < -0.4 is 5.73 Å². The second kappa shape index (κ2) is 6.66. The second-order valence-corrected chi connectivity index (χ2v) is 4.16. The van der Waals surface area contributed by atoms with Crippen LogP contribution in [-0.4, -0.2) is 13.2 Å². The Morgan fingerprint density at radius 3 is 2.12 bits per heavy atom. The molecule has 2 N–H and O–H groups in total. The van der Waals surface area contributed by atoms with E-state index in [1.807, 2.05) is 6.92 Å². The van der Waals surface area contributed by atoms with Gasteiger partial charge in [-0.2, -0.15) is 0 Å². The molecular formula is C14H23NO. The Morgan fingerprint density at radius 2 is 1.69 bits per heavy atom. The summed E-state index contributed by atoms with van der Waals surface area (Å²) in [5.74, 6) is 0.432. The van der Waals surface area contributed by atoms with Crippen LogP contribution in [0, 0.1) is 0 Å². The van der Waals surface area contributed by atoms with Gasteiger partial charge in [0.05, 0.1) is 6.10 Å². The van der Waals surface area contributed by atoms with Crippen LogP contribution in [0.5, 0.6) is 0 Å². The summed E-state index contributed by atoms with van der Waals surface area (Å²) in [6, 6.07) is 8.64. The highest BCUT2D eigenvalue weighted by molar-refractivity contribution is 5.26. The van der Waals surface area contributed by atoms with Crippen LogP contribution in [0.1, 0.15) is 50.3 Å². The van der Waals surface area contributed by atoms with Crippen LogP contribution in [0.15, 0.2) is 24.3 Å². The largest absolute Gasteiger partial charge is 0.374 e. The van der Waals surface area contributed by atoms with Gasteiger partial charge in [0.2, 0.25) is 0 Å². The van der Waals surface area contributed by atoms with E-state index in [-0.39, 0.29) is 6.10 Å². The Labute approximate surface area is 98.8 Å². The maximum atomic E-state index is 5.68. The van der Waals surface area contributed by atoms with Crippen molar-refractivity contribution < 1.29 is 4.74 Å². The van der Waals surface area contributed by atoms with Crippen molar-refractivity contribution in [2.45, 2.75) is 39.2 Å². The van der Waals surface area contributed by atoms with Crippen molar-refractivity contribution in [1.29, 1.82) is 0 Å². The van der Waals surface area contributed by atoms with Crippen LogP contribution in [-0.2, 0) is 4.74 Å². The summed E-state index contributed by atoms with van der Waals surface area (Å²) in [4.78, 5) is 0. The summed E-state index contributed by atoms with van der Waals surface area (Å²) in [6.07, 6.45) is 1.24. The molecule has 1 aromatic carbocycles. The molecule has 0 bridgehead atoms. The van der Waals surface area contributed by atoms with Crippen molar-refractivity contribution in [2.24, 2.45) is 5.73 Å². The Kier molecular flexibility index (Phi) is 5.50. The SMILES string of the molecule is CCO[C@H](CC)c1ccc([C@H](C)CN)cc1. The molecular weight excluding hydrogens is 198 g/mol. The van der Waals surface area contributed by atoms with Crippen molar-refractivity contribution in [1.82, 2.24) is 0 Å². The number of ether oxygens (including phenoxy) is 1. The van der Waals surface area contributed by atoms with Gasteiger partial charge in [-0.05, 0) is 36.9 Å². The highest BCUT2D eigenvalue weighted by Crippen LogP contribution is 2.23. The van der Waals surface area contributed by atoms with Gasteiger partial charge in [0.25, 0.3) is 0 Å². The van der Waals surface area contributed by atoms with E-state index >= 15 is 0 Å². The van der Waals surface area contributed by atoms with Crippen LogP contribution in [0.25, 0.3) is 0 Å². The van der Waals surface area contributed by atoms with Crippen LogP contribution in [0.4, 0.5) is 0 Å². The molecule has 2 heteroatoms. The smallest absolute Gasteiger partial charge is 0.0822 e. The first kappa shape index (κ1) is 13.2. The fraction of sp³-hybridized carbons (Fsp3) is 0.571. The quantitative estimate of drug-likeness (QED) is 0.800. The number of nitrogens with two attached hydrogens (primary N) is 1. The Balaban J connectivity index is 2.76. The zero-order valence-electron chi connectivity index (χ0n) is 10.6. The fourth-order valence-corrected chi connectivity index (χ4v) is 1.83. The zero-order chi connectivity index (χ0) is 12.0. The third kappa shape index (κ3) is 3.32. The van der Waals surface area contributed by atoms with Crippen molar-refractivity contribution in [3.8, 4) is 0 Å². The van der Waals surface area contributed by atoms with E-state index in [4.69, 9.17) is 10.5 Å². The van der Waals surface area contributed by atoms with E-state index in [1.165, 1.54) is 11.1 Å². The van der Waals surface area contributed by atoms with E-state index in [9.17, 15) is 0 Å². The molecule has 1 rings (SSSR count). The first-order valence-corrected chi connectivity index (χ1v) is 6.14. The number of hydrogen-bond acceptors (Lipinski definition) is 2. The highest BCUT2D eigenvalue weighted by Gasteiger charge is 2.09. The maximum Gasteiger partial charge on any atom is 0.0822 e. The topological polar surface area (TPSA) is 35.2 Å². The monoisotopic (exact) mass is 221 g/mol. The normalized spacial score (nSPS) is 14.8. The Hall–Kier alpha value is -0.860. The lowest BCUT2D eigenvalue weighted by Gasteiger charge is -2.16. The Bertz CT molecular complexity index is 294. The van der Waals surface area contributed by atoms with Gasteiger partial charge < -0.3 is 10.5 Å². The molecule has 2 atom stereocenters. The van der Waals surface area contributed by atoms with Crippen molar-refractivity contribution in [3.63, 3.8) is 0 Å². The molecule has 0 unspecified atom stereocenters. The van der Waals surface area contributed by atoms with E-state index in [2.05, 4.69) is 38.1 Å². The molecule has 0 heterocycles. The van der Waals surface area contributed by atoms with Crippen molar-refractivity contribution >= 4 is 0 Å². The molecule has 0 spiro atoms. The molecule has 0 radical (unpaired) electrons. The van der Waals surface area contributed by atoms with Gasteiger partial charge in [-0.3, -0.25) is 0 Å². The molecule has 0 amide bonds. The van der Waals surface area contributed by atoms with Crippen LogP contribution in [0.2, 0.25) is 0 Å². The van der Waals surface area contributed by atoms with Gasteiger partial charge in [0.1, 0.15) is 0 Å². The Morgan fingerprint density at radius 1 is 1.12 bits per heavy atom. The predicted molar refractivity (Wildman–Crippen MR) is 68.6 cm³/mol. The summed E-state index contributed by atoms with van der Waals surface area (Å²) < 4.78 is 5.68. The molecule has 90 valence electrons. The zero-order valence-corrected chi connectivity index (χ0v) is 10.6. The third-order valence-electron chi connectivity index (χ3n) is 2.97. The molecule has 0 aliphatic carbocycles. The minimum Gasteiger partial charge on any atom is -0.374 e. The molecule has 2 nitrogen and oxygen atoms in total. The minimum atomic E-state index is 0.229. The van der Waals surface area contributed by atoms with Crippen LogP contribution >= 0.6 is 0 Å². The van der Waals surface area contributed by atoms with Gasteiger partial charge >= 0.3 is 0 Å². The summed E-state index contributed by atoms with van der Waals surface area (Å²) >= 11 is 0. The van der Waals surface area contributed by atoms with E-state index in [1.54, 1.807) is 0 Å². The van der Waals surface area contributed by atoms with Crippen LogP contribution in [0.3, 0.4) is 0 Å². The maximum absolute atomic E-state index is 5.68. The van der Waals surface area contributed by atoms with Gasteiger partial charge in [0.15, 0.2) is 0 Å². The predicted octanol–water partition coefficient (Wildman–Crippen LogP) is 3.24. The molecule has 0 fully saturated rings. The number of hydrogen-bond donors (Lipinski definition) is 1. The fourth-order valence-electron chi connectivity index (χ4n) is 1.83. The lowest BCUT2D eigenvalue weighted by atomic mass is 9.98. The van der Waals surface area contributed by atoms with Gasteiger partial charge in [-0.25, -0.2) is 0 Å². The van der Waals surface area contributed by atoms with Gasteiger partial charge in [-0.1, -0.05) is 38.1 Å². The molecule has 0 saturated carbocycles. The average Bonchev–Trinajstić information content (AvgIpc) is 2.35. The van der Waals surface area contributed by atoms with Gasteiger partial charge in [-0.15, -0.1) is 0 Å². The van der Waals surface area contributed by atoms with Gasteiger partial charge in [0, 0.05) is 6.61 Å². The summed E-state index contributed by atoms with van der Waals surface area (Å²) in [5.41, 5.74) is 8.22. The molecule has 16 heavy (non-hydrogen) atoms. The molecule has 1 aromatic rings. The highest BCUT2D eigenvalue weighted by atomic mass is 16.5. The van der Waals surface area contributed by atoms with E-state index < -0.39 is 0 Å². The van der Waals surface area contributed by atoms with Crippen molar-refractivity contribution in [3.05, 3.63) is 35.4 Å². The van der Waals surface area contributed by atoms with E-state index in [0.29, 0.717) is 12.5 Å². The third-order valence-corrected chi connectivity index (χ3v) is 2.97. The van der Waals surface area contributed by atoms with E-state index in [0.717, 1.165) is 13.0 Å². The molecule has 0 aromatic heterocycles. The lowest BCUT2D eigenvalue weighted by molar-refractivity contribution is 0.0598. The average molecular weight is 221 g/mol. The first-order valence-electron chi connectivity index (χ1n) is 6.14. The molecule has 0 aliphatic rings.